The largest absolute Gasteiger partial charge is 0.378 e. The maximum Gasteiger partial charge on any atom is 0.255 e. The van der Waals surface area contributed by atoms with Crippen molar-refractivity contribution in [1.82, 2.24) is 9.88 Å². The number of hydrogen-bond acceptors (Lipinski definition) is 2. The number of fused-ring (bicyclic) bond motifs is 3. The molecule has 0 spiro atoms. The highest BCUT2D eigenvalue weighted by Gasteiger charge is 2.26. The average Bonchev–Trinajstić information content (AvgIpc) is 3.15. The van der Waals surface area contributed by atoms with Crippen molar-refractivity contribution < 1.29 is 9.53 Å². The topological polar surface area (TPSA) is 45.3 Å². The van der Waals surface area contributed by atoms with Crippen molar-refractivity contribution >= 4 is 27.7 Å². The minimum Gasteiger partial charge on any atom is -0.378 e. The molecule has 1 saturated heterocycles. The summed E-state index contributed by atoms with van der Waals surface area (Å²) in [5.41, 5.74) is 6.08. The zero-order valence-electron chi connectivity index (χ0n) is 15.9. The summed E-state index contributed by atoms with van der Waals surface area (Å²) in [5.74, 6) is 0.0805. The maximum atomic E-state index is 13.7. The highest BCUT2D eigenvalue weighted by Crippen LogP contribution is 2.37. The molecule has 4 aromatic rings. The standard InChI is InChI=1S/C24H22N2O2/c1-16-15-19(17-7-3-2-4-8-17)22(24(27)26-11-13-28-14-12-26)21-18-9-5-6-10-20(18)25-23(16)21/h2-10,15,25H,11-14H2,1H3. The Hall–Kier alpha value is -3.11. The Kier molecular flexibility index (Phi) is 4.14. The normalized spacial score (nSPS) is 14.7. The lowest BCUT2D eigenvalue weighted by atomic mass is 9.92. The van der Waals surface area contributed by atoms with Gasteiger partial charge in [0.1, 0.15) is 0 Å². The van der Waals surface area contributed by atoms with Crippen LogP contribution in [0, 0.1) is 6.92 Å². The lowest BCUT2D eigenvalue weighted by molar-refractivity contribution is 0.0305. The van der Waals surface area contributed by atoms with E-state index in [9.17, 15) is 4.79 Å². The molecule has 5 rings (SSSR count). The quantitative estimate of drug-likeness (QED) is 0.552. The van der Waals surface area contributed by atoms with E-state index in [1.165, 1.54) is 0 Å². The highest BCUT2D eigenvalue weighted by atomic mass is 16.5. The summed E-state index contributed by atoms with van der Waals surface area (Å²) in [6.45, 7) is 4.55. The van der Waals surface area contributed by atoms with Crippen LogP contribution in [0.2, 0.25) is 0 Å². The smallest absolute Gasteiger partial charge is 0.255 e. The number of hydrogen-bond donors (Lipinski definition) is 1. The van der Waals surface area contributed by atoms with E-state index < -0.39 is 0 Å². The van der Waals surface area contributed by atoms with Gasteiger partial charge < -0.3 is 14.6 Å². The third kappa shape index (κ3) is 2.69. The highest BCUT2D eigenvalue weighted by molar-refractivity contribution is 6.21. The summed E-state index contributed by atoms with van der Waals surface area (Å²) < 4.78 is 5.46. The van der Waals surface area contributed by atoms with Gasteiger partial charge in [-0.15, -0.1) is 0 Å². The molecule has 1 N–H and O–H groups in total. The molecule has 28 heavy (non-hydrogen) atoms. The Morgan fingerprint density at radius 1 is 1.00 bits per heavy atom. The molecule has 4 nitrogen and oxygen atoms in total. The second kappa shape index (κ2) is 6.80. The van der Waals surface area contributed by atoms with Gasteiger partial charge in [0.15, 0.2) is 0 Å². The number of para-hydroxylation sites is 1. The number of carbonyl (C=O) groups excluding carboxylic acids is 1. The molecule has 1 aliphatic heterocycles. The molecule has 0 aliphatic carbocycles. The van der Waals surface area contributed by atoms with Crippen LogP contribution < -0.4 is 0 Å². The molecule has 1 aromatic heterocycles. The third-order valence-electron chi connectivity index (χ3n) is 5.58. The second-order valence-electron chi connectivity index (χ2n) is 7.31. The van der Waals surface area contributed by atoms with Crippen molar-refractivity contribution in [2.45, 2.75) is 6.92 Å². The van der Waals surface area contributed by atoms with Crippen molar-refractivity contribution in [2.75, 3.05) is 26.3 Å². The van der Waals surface area contributed by atoms with Crippen LogP contribution in [-0.4, -0.2) is 42.1 Å². The first kappa shape index (κ1) is 17.0. The third-order valence-corrected chi connectivity index (χ3v) is 5.58. The number of carbonyl (C=O) groups is 1. The lowest BCUT2D eigenvalue weighted by Gasteiger charge is -2.28. The number of rotatable bonds is 2. The number of aromatic amines is 1. The lowest BCUT2D eigenvalue weighted by Crippen LogP contribution is -2.41. The summed E-state index contributed by atoms with van der Waals surface area (Å²) in [6.07, 6.45) is 0. The number of morpholine rings is 1. The van der Waals surface area contributed by atoms with Gasteiger partial charge in [-0.2, -0.15) is 0 Å². The molecule has 1 fully saturated rings. The van der Waals surface area contributed by atoms with Crippen LogP contribution >= 0.6 is 0 Å². The number of ether oxygens (including phenoxy) is 1. The molecule has 4 heteroatoms. The summed E-state index contributed by atoms with van der Waals surface area (Å²) in [7, 11) is 0. The fraction of sp³-hybridized carbons (Fsp3) is 0.208. The van der Waals surface area contributed by atoms with Crippen LogP contribution in [0.4, 0.5) is 0 Å². The predicted molar refractivity (Wildman–Crippen MR) is 113 cm³/mol. The minimum atomic E-state index is 0.0805. The van der Waals surface area contributed by atoms with Crippen molar-refractivity contribution in [2.24, 2.45) is 0 Å². The Morgan fingerprint density at radius 2 is 1.71 bits per heavy atom. The average molecular weight is 370 g/mol. The van der Waals surface area contributed by atoms with E-state index in [1.54, 1.807) is 0 Å². The molecule has 0 radical (unpaired) electrons. The van der Waals surface area contributed by atoms with Gasteiger partial charge in [0.25, 0.3) is 5.91 Å². The summed E-state index contributed by atoms with van der Waals surface area (Å²) in [4.78, 5) is 19.2. The number of H-pyrrole nitrogens is 1. The zero-order chi connectivity index (χ0) is 19.1. The van der Waals surface area contributed by atoms with Crippen LogP contribution in [-0.2, 0) is 4.74 Å². The van der Waals surface area contributed by atoms with E-state index in [1.807, 2.05) is 35.2 Å². The van der Waals surface area contributed by atoms with Crippen LogP contribution in [0.1, 0.15) is 15.9 Å². The number of benzene rings is 3. The summed E-state index contributed by atoms with van der Waals surface area (Å²) in [6, 6.07) is 20.6. The van der Waals surface area contributed by atoms with Gasteiger partial charge in [0.2, 0.25) is 0 Å². The van der Waals surface area contributed by atoms with E-state index in [2.05, 4.69) is 42.2 Å². The predicted octanol–water partition coefficient (Wildman–Crippen LogP) is 4.77. The van der Waals surface area contributed by atoms with E-state index in [0.717, 1.165) is 44.1 Å². The van der Waals surface area contributed by atoms with Crippen LogP contribution in [0.15, 0.2) is 60.7 Å². The number of aryl methyl sites for hydroxylation is 1. The van der Waals surface area contributed by atoms with Gasteiger partial charge in [-0.3, -0.25) is 4.79 Å². The van der Waals surface area contributed by atoms with Gasteiger partial charge in [-0.25, -0.2) is 0 Å². The molecule has 0 saturated carbocycles. The van der Waals surface area contributed by atoms with Gasteiger partial charge >= 0.3 is 0 Å². The van der Waals surface area contributed by atoms with Gasteiger partial charge in [0, 0.05) is 29.4 Å². The van der Waals surface area contributed by atoms with Crippen molar-refractivity contribution in [3.63, 3.8) is 0 Å². The number of nitrogens with one attached hydrogen (secondary N) is 1. The molecule has 1 amide bonds. The maximum absolute atomic E-state index is 13.7. The first-order valence-electron chi connectivity index (χ1n) is 9.70. The van der Waals surface area contributed by atoms with Crippen LogP contribution in [0.5, 0.6) is 0 Å². The second-order valence-corrected chi connectivity index (χ2v) is 7.31. The van der Waals surface area contributed by atoms with E-state index >= 15 is 0 Å². The minimum absolute atomic E-state index is 0.0805. The summed E-state index contributed by atoms with van der Waals surface area (Å²) in [5, 5.41) is 2.11. The molecular formula is C24H22N2O2. The molecule has 2 heterocycles. The van der Waals surface area contributed by atoms with Crippen molar-refractivity contribution in [3.05, 3.63) is 71.8 Å². The first-order valence-corrected chi connectivity index (χ1v) is 9.70. The SMILES string of the molecule is Cc1cc(-c2ccccc2)c(C(=O)N2CCOCC2)c2c1[nH]c1ccccc12. The monoisotopic (exact) mass is 370 g/mol. The molecule has 3 aromatic carbocycles. The zero-order valence-corrected chi connectivity index (χ0v) is 15.9. The van der Waals surface area contributed by atoms with Crippen molar-refractivity contribution in [3.8, 4) is 11.1 Å². The first-order chi connectivity index (χ1) is 13.7. The fourth-order valence-corrected chi connectivity index (χ4v) is 4.18. The van der Waals surface area contributed by atoms with E-state index in [0.29, 0.717) is 26.3 Å². The van der Waals surface area contributed by atoms with Gasteiger partial charge in [-0.05, 0) is 35.7 Å². The molecule has 0 unspecified atom stereocenters. The molecule has 140 valence electrons. The van der Waals surface area contributed by atoms with Gasteiger partial charge in [-0.1, -0.05) is 48.5 Å². The molecular weight excluding hydrogens is 348 g/mol. The fourth-order valence-electron chi connectivity index (χ4n) is 4.18. The van der Waals surface area contributed by atoms with Crippen LogP contribution in [0.3, 0.4) is 0 Å². The number of amides is 1. The van der Waals surface area contributed by atoms with Crippen molar-refractivity contribution in [1.29, 1.82) is 0 Å². The molecule has 0 bridgehead atoms. The van der Waals surface area contributed by atoms with E-state index in [4.69, 9.17) is 4.74 Å². The Balaban J connectivity index is 1.85. The van der Waals surface area contributed by atoms with Gasteiger partial charge in [0.05, 0.1) is 24.3 Å². The Bertz CT molecular complexity index is 1170. The number of aromatic nitrogens is 1. The number of nitrogens with zero attached hydrogens (tertiary/aromatic N) is 1. The Labute approximate surface area is 163 Å². The Morgan fingerprint density at radius 3 is 2.50 bits per heavy atom. The van der Waals surface area contributed by atoms with E-state index in [-0.39, 0.29) is 5.91 Å². The van der Waals surface area contributed by atoms with Crippen LogP contribution in [0.25, 0.3) is 32.9 Å². The molecule has 0 atom stereocenters. The summed E-state index contributed by atoms with van der Waals surface area (Å²) >= 11 is 0. The molecule has 1 aliphatic rings.